The monoisotopic (exact) mass is 408 g/mol. The first-order valence-electron chi connectivity index (χ1n) is 10.1. The predicted molar refractivity (Wildman–Crippen MR) is 118 cm³/mol. The van der Waals surface area contributed by atoms with E-state index in [1.807, 2.05) is 42.5 Å². The quantitative estimate of drug-likeness (QED) is 0.651. The fourth-order valence-corrected chi connectivity index (χ4v) is 4.97. The van der Waals surface area contributed by atoms with Crippen LogP contribution in [0.3, 0.4) is 0 Å². The lowest BCUT2D eigenvalue weighted by molar-refractivity contribution is 0.332. The van der Waals surface area contributed by atoms with E-state index in [2.05, 4.69) is 24.1 Å². The van der Waals surface area contributed by atoms with Crippen LogP contribution in [-0.2, 0) is 0 Å². The highest BCUT2D eigenvalue weighted by atomic mass is 32.1. The van der Waals surface area contributed by atoms with Crippen LogP contribution in [-0.4, -0.2) is 37.3 Å². The van der Waals surface area contributed by atoms with Gasteiger partial charge in [-0.1, -0.05) is 50.2 Å². The summed E-state index contributed by atoms with van der Waals surface area (Å²) in [4.78, 5) is 15.4. The van der Waals surface area contributed by atoms with Crippen LogP contribution >= 0.6 is 12.2 Å². The van der Waals surface area contributed by atoms with Crippen LogP contribution in [0.5, 0.6) is 5.88 Å². The maximum Gasteiger partial charge on any atom is 0.336 e. The van der Waals surface area contributed by atoms with Gasteiger partial charge in [0.1, 0.15) is 5.69 Å². The van der Waals surface area contributed by atoms with E-state index in [0.29, 0.717) is 29.0 Å². The standard InChI is InChI=1S/C22H24N4O2S/c1-13(2)11-23-21(29)24-12-15-10-18(24)19-20(27)26(22(28)25(15)19)17-9-5-7-14-6-3-4-8-16(14)17/h3-9,13,15,18,27H,10-12H2,1-2H3,(H,23,29)/t15-,18?/m1/s1. The van der Waals surface area contributed by atoms with Crippen LogP contribution in [0.15, 0.2) is 47.3 Å². The number of thiocarbonyl (C=S) groups is 1. The lowest BCUT2D eigenvalue weighted by Crippen LogP contribution is -2.44. The predicted octanol–water partition coefficient (Wildman–Crippen LogP) is 3.33. The minimum Gasteiger partial charge on any atom is -0.493 e. The molecule has 150 valence electrons. The summed E-state index contributed by atoms with van der Waals surface area (Å²) in [6.45, 7) is 5.78. The summed E-state index contributed by atoms with van der Waals surface area (Å²) in [7, 11) is 0. The van der Waals surface area contributed by atoms with Gasteiger partial charge in [0.15, 0.2) is 5.11 Å². The smallest absolute Gasteiger partial charge is 0.336 e. The second-order valence-corrected chi connectivity index (χ2v) is 8.72. The van der Waals surface area contributed by atoms with Gasteiger partial charge in [0.25, 0.3) is 0 Å². The molecule has 6 nitrogen and oxygen atoms in total. The van der Waals surface area contributed by atoms with Crippen molar-refractivity contribution in [3.8, 4) is 11.6 Å². The van der Waals surface area contributed by atoms with Gasteiger partial charge < -0.3 is 15.3 Å². The fraction of sp³-hybridized carbons (Fsp3) is 0.364. The average molecular weight is 409 g/mol. The van der Waals surface area contributed by atoms with E-state index < -0.39 is 0 Å². The molecular weight excluding hydrogens is 384 g/mol. The lowest BCUT2D eigenvalue weighted by atomic mass is 10.1. The zero-order valence-corrected chi connectivity index (χ0v) is 17.3. The topological polar surface area (TPSA) is 62.4 Å². The Labute approximate surface area is 174 Å². The third-order valence-corrected chi connectivity index (χ3v) is 6.37. The Morgan fingerprint density at radius 3 is 2.79 bits per heavy atom. The molecule has 0 aliphatic carbocycles. The van der Waals surface area contributed by atoms with E-state index in [-0.39, 0.29) is 23.7 Å². The van der Waals surface area contributed by atoms with E-state index in [0.717, 1.165) is 23.7 Å². The molecule has 29 heavy (non-hydrogen) atoms. The molecule has 2 aliphatic rings. The zero-order valence-electron chi connectivity index (χ0n) is 16.5. The minimum atomic E-state index is -0.179. The highest BCUT2D eigenvalue weighted by molar-refractivity contribution is 7.80. The van der Waals surface area contributed by atoms with Gasteiger partial charge in [-0.05, 0) is 36.0 Å². The minimum absolute atomic E-state index is 0.0233. The van der Waals surface area contributed by atoms with Gasteiger partial charge in [0, 0.05) is 18.5 Å². The Hall–Kier alpha value is -2.80. The molecule has 3 heterocycles. The molecule has 0 spiro atoms. The molecule has 5 rings (SSSR count). The van der Waals surface area contributed by atoms with Crippen molar-refractivity contribution in [2.24, 2.45) is 5.92 Å². The van der Waals surface area contributed by atoms with Crippen molar-refractivity contribution in [1.82, 2.24) is 19.4 Å². The number of likely N-dealkylation sites (tertiary alicyclic amines) is 1. The van der Waals surface area contributed by atoms with E-state index in [9.17, 15) is 9.90 Å². The summed E-state index contributed by atoms with van der Waals surface area (Å²) in [5.41, 5.74) is 1.20. The molecule has 2 bridgehead atoms. The van der Waals surface area contributed by atoms with E-state index >= 15 is 0 Å². The number of aromatic hydroxyl groups is 1. The molecule has 1 aromatic heterocycles. The Balaban J connectivity index is 1.58. The Kier molecular flexibility index (Phi) is 4.17. The molecule has 1 fully saturated rings. The molecule has 1 unspecified atom stereocenters. The first-order chi connectivity index (χ1) is 14.0. The summed E-state index contributed by atoms with van der Waals surface area (Å²) in [5, 5.41) is 17.1. The summed E-state index contributed by atoms with van der Waals surface area (Å²) < 4.78 is 3.22. The van der Waals surface area contributed by atoms with Crippen molar-refractivity contribution in [1.29, 1.82) is 0 Å². The second kappa shape index (κ2) is 6.62. The number of nitrogens with one attached hydrogen (secondary N) is 1. The number of hydrogen-bond acceptors (Lipinski definition) is 3. The molecule has 2 N–H and O–H groups in total. The van der Waals surface area contributed by atoms with Crippen molar-refractivity contribution in [3.63, 3.8) is 0 Å². The Morgan fingerprint density at radius 2 is 2.00 bits per heavy atom. The zero-order chi connectivity index (χ0) is 20.3. The van der Waals surface area contributed by atoms with Crippen molar-refractivity contribution >= 4 is 28.1 Å². The van der Waals surface area contributed by atoms with Crippen molar-refractivity contribution in [2.75, 3.05) is 13.1 Å². The van der Waals surface area contributed by atoms with Crippen LogP contribution in [0.4, 0.5) is 0 Å². The highest BCUT2D eigenvalue weighted by Gasteiger charge is 2.48. The van der Waals surface area contributed by atoms with Gasteiger partial charge in [-0.15, -0.1) is 0 Å². The number of fused-ring (bicyclic) bond motifs is 6. The van der Waals surface area contributed by atoms with Gasteiger partial charge in [-0.25, -0.2) is 9.36 Å². The molecule has 2 aliphatic heterocycles. The summed E-state index contributed by atoms with van der Waals surface area (Å²) in [6.07, 6.45) is 0.804. The molecular formula is C22H24N4O2S. The summed E-state index contributed by atoms with van der Waals surface area (Å²) in [5.74, 6) is 0.516. The average Bonchev–Trinajstić information content (AvgIpc) is 3.37. The largest absolute Gasteiger partial charge is 0.493 e. The molecule has 0 amide bonds. The molecule has 7 heteroatoms. The molecule has 2 atom stereocenters. The lowest BCUT2D eigenvalue weighted by Gasteiger charge is -2.30. The van der Waals surface area contributed by atoms with E-state index in [1.165, 1.54) is 4.57 Å². The van der Waals surface area contributed by atoms with Crippen molar-refractivity contribution in [3.05, 3.63) is 58.6 Å². The van der Waals surface area contributed by atoms with E-state index in [4.69, 9.17) is 12.2 Å². The molecule has 3 aromatic rings. The van der Waals surface area contributed by atoms with Crippen LogP contribution in [0.25, 0.3) is 16.5 Å². The second-order valence-electron chi connectivity index (χ2n) is 8.33. The number of hydrogen-bond donors (Lipinski definition) is 2. The fourth-order valence-electron chi connectivity index (χ4n) is 4.68. The number of imidazole rings is 1. The highest BCUT2D eigenvalue weighted by Crippen LogP contribution is 2.48. The van der Waals surface area contributed by atoms with Crippen LogP contribution in [0.1, 0.15) is 38.0 Å². The Bertz CT molecular complexity index is 1170. The van der Waals surface area contributed by atoms with Gasteiger partial charge in [0.2, 0.25) is 5.88 Å². The first kappa shape index (κ1) is 18.2. The molecule has 1 saturated heterocycles. The SMILES string of the molecule is CC(C)CNC(=S)N1C[C@H]2CC1c1c(O)n(-c3cccc4ccccc34)c(=O)n12. The maximum absolute atomic E-state index is 13.3. The molecule has 0 radical (unpaired) electrons. The molecule has 0 saturated carbocycles. The first-order valence-corrected chi connectivity index (χ1v) is 10.5. The maximum atomic E-state index is 13.3. The third kappa shape index (κ3) is 2.68. The normalized spacial score (nSPS) is 19.9. The molecule has 2 aromatic carbocycles. The van der Waals surface area contributed by atoms with Crippen molar-refractivity contribution < 1.29 is 5.11 Å². The summed E-state index contributed by atoms with van der Waals surface area (Å²) in [6, 6.07) is 13.7. The van der Waals surface area contributed by atoms with Gasteiger partial charge >= 0.3 is 5.69 Å². The van der Waals surface area contributed by atoms with Crippen LogP contribution in [0.2, 0.25) is 0 Å². The Morgan fingerprint density at radius 1 is 1.24 bits per heavy atom. The summed E-state index contributed by atoms with van der Waals surface area (Å²) >= 11 is 5.60. The van der Waals surface area contributed by atoms with Crippen LogP contribution < -0.4 is 11.0 Å². The van der Waals surface area contributed by atoms with Crippen LogP contribution in [0, 0.1) is 5.92 Å². The number of nitrogens with zero attached hydrogens (tertiary/aromatic N) is 3. The van der Waals surface area contributed by atoms with Gasteiger partial charge in [-0.3, -0.25) is 4.57 Å². The van der Waals surface area contributed by atoms with Gasteiger partial charge in [-0.2, -0.15) is 0 Å². The van der Waals surface area contributed by atoms with Crippen molar-refractivity contribution in [2.45, 2.75) is 32.4 Å². The third-order valence-electron chi connectivity index (χ3n) is 5.99. The van der Waals surface area contributed by atoms with E-state index in [1.54, 1.807) is 4.57 Å². The number of aromatic nitrogens is 2. The van der Waals surface area contributed by atoms with Gasteiger partial charge in [0.05, 0.1) is 17.8 Å². The number of rotatable bonds is 3. The number of benzene rings is 2.